The number of nitrogens with two attached hydrogens (primary N) is 1. The Kier molecular flexibility index (Phi) is 4.60. The molecule has 4 heteroatoms. The first-order valence-corrected chi connectivity index (χ1v) is 7.04. The van der Waals surface area contributed by atoms with Gasteiger partial charge in [0.2, 0.25) is 0 Å². The van der Waals surface area contributed by atoms with E-state index in [1.165, 1.54) is 0 Å². The third kappa shape index (κ3) is 3.23. The van der Waals surface area contributed by atoms with Crippen LogP contribution in [0.25, 0.3) is 0 Å². The van der Waals surface area contributed by atoms with Gasteiger partial charge in [-0.05, 0) is 49.1 Å². The van der Waals surface area contributed by atoms with Crippen LogP contribution in [-0.4, -0.2) is 5.91 Å². The Labute approximate surface area is 125 Å². The number of carbonyl (C=O) groups is 1. The van der Waals surface area contributed by atoms with Crippen molar-refractivity contribution in [3.63, 3.8) is 0 Å². The van der Waals surface area contributed by atoms with Crippen LogP contribution in [0.15, 0.2) is 36.4 Å². The van der Waals surface area contributed by atoms with Crippen molar-refractivity contribution in [2.24, 2.45) is 5.84 Å². The van der Waals surface area contributed by atoms with Crippen LogP contribution in [0.3, 0.4) is 0 Å². The van der Waals surface area contributed by atoms with Gasteiger partial charge in [0, 0.05) is 5.69 Å². The lowest BCUT2D eigenvalue weighted by molar-refractivity contribution is 0.102. The summed E-state index contributed by atoms with van der Waals surface area (Å²) in [6.07, 6.45) is 0.868. The second-order valence-electron chi connectivity index (χ2n) is 5.11. The van der Waals surface area contributed by atoms with Crippen LogP contribution in [0, 0.1) is 13.8 Å². The van der Waals surface area contributed by atoms with E-state index in [4.69, 9.17) is 5.84 Å². The molecule has 0 saturated heterocycles. The molecule has 0 aliphatic carbocycles. The van der Waals surface area contributed by atoms with Crippen LogP contribution in [0.2, 0.25) is 0 Å². The molecule has 4 nitrogen and oxygen atoms in total. The van der Waals surface area contributed by atoms with Crippen molar-refractivity contribution < 1.29 is 4.79 Å². The number of para-hydroxylation sites is 1. The van der Waals surface area contributed by atoms with Gasteiger partial charge in [-0.2, -0.15) is 0 Å². The summed E-state index contributed by atoms with van der Waals surface area (Å²) in [4.78, 5) is 12.5. The molecule has 0 unspecified atom stereocenters. The average molecular weight is 283 g/mol. The first-order valence-electron chi connectivity index (χ1n) is 7.04. The quantitative estimate of drug-likeness (QED) is 0.595. The Morgan fingerprint density at radius 1 is 1.19 bits per heavy atom. The molecule has 2 rings (SSSR count). The first-order chi connectivity index (χ1) is 10.1. The number of hydrogen-bond acceptors (Lipinski definition) is 3. The van der Waals surface area contributed by atoms with Crippen LogP contribution in [0.1, 0.15) is 34.0 Å². The van der Waals surface area contributed by atoms with Crippen LogP contribution >= 0.6 is 0 Å². The highest BCUT2D eigenvalue weighted by Crippen LogP contribution is 2.24. The maximum Gasteiger partial charge on any atom is 0.257 e. The number of carbonyl (C=O) groups excluding carboxylic acids is 1. The minimum atomic E-state index is -0.160. The van der Waals surface area contributed by atoms with E-state index in [9.17, 15) is 4.79 Å². The molecule has 2 aromatic rings. The molecule has 0 atom stereocenters. The zero-order valence-corrected chi connectivity index (χ0v) is 12.7. The monoisotopic (exact) mass is 283 g/mol. The predicted octanol–water partition coefficient (Wildman–Crippen LogP) is 3.40. The van der Waals surface area contributed by atoms with Gasteiger partial charge < -0.3 is 10.7 Å². The molecule has 21 heavy (non-hydrogen) atoms. The van der Waals surface area contributed by atoms with Crippen LogP contribution in [0.4, 0.5) is 11.4 Å². The Morgan fingerprint density at radius 3 is 2.62 bits per heavy atom. The van der Waals surface area contributed by atoms with E-state index < -0.39 is 0 Å². The molecular formula is C17H21N3O. The zero-order valence-electron chi connectivity index (χ0n) is 12.7. The summed E-state index contributed by atoms with van der Waals surface area (Å²) in [5.74, 6) is 5.35. The van der Waals surface area contributed by atoms with Crippen LogP contribution in [-0.2, 0) is 6.42 Å². The largest absolute Gasteiger partial charge is 0.323 e. The number of aryl methyl sites for hydroxylation is 3. The number of hydrazine groups is 1. The summed E-state index contributed by atoms with van der Waals surface area (Å²) < 4.78 is 0. The van der Waals surface area contributed by atoms with Gasteiger partial charge in [-0.15, -0.1) is 0 Å². The second kappa shape index (κ2) is 6.41. The van der Waals surface area contributed by atoms with Gasteiger partial charge in [-0.3, -0.25) is 10.6 Å². The summed E-state index contributed by atoms with van der Waals surface area (Å²) in [5, 5.41) is 3.01. The van der Waals surface area contributed by atoms with E-state index in [2.05, 4.69) is 17.7 Å². The van der Waals surface area contributed by atoms with Gasteiger partial charge in [-0.1, -0.05) is 31.2 Å². The van der Waals surface area contributed by atoms with Crippen molar-refractivity contribution in [1.82, 2.24) is 0 Å². The fourth-order valence-corrected chi connectivity index (χ4v) is 2.36. The minimum absolute atomic E-state index is 0.160. The van der Waals surface area contributed by atoms with Gasteiger partial charge in [0.05, 0.1) is 11.3 Å². The van der Waals surface area contributed by atoms with E-state index >= 15 is 0 Å². The molecule has 0 fully saturated rings. The van der Waals surface area contributed by atoms with Crippen LogP contribution < -0.4 is 16.6 Å². The Morgan fingerprint density at radius 2 is 1.95 bits per heavy atom. The number of benzene rings is 2. The van der Waals surface area contributed by atoms with E-state index in [1.807, 2.05) is 44.2 Å². The van der Waals surface area contributed by atoms with Crippen molar-refractivity contribution in [1.29, 1.82) is 0 Å². The molecule has 0 aromatic heterocycles. The van der Waals surface area contributed by atoms with Gasteiger partial charge in [0.1, 0.15) is 0 Å². The number of amides is 1. The molecule has 0 aliphatic rings. The highest BCUT2D eigenvalue weighted by Gasteiger charge is 2.14. The minimum Gasteiger partial charge on any atom is -0.323 e. The predicted molar refractivity (Wildman–Crippen MR) is 87.5 cm³/mol. The third-order valence-corrected chi connectivity index (χ3v) is 3.55. The lowest BCUT2D eigenvalue weighted by atomic mass is 10.0. The lowest BCUT2D eigenvalue weighted by Crippen LogP contribution is -2.18. The molecule has 0 heterocycles. The number of anilines is 2. The number of hydrogen-bond donors (Lipinski definition) is 3. The molecule has 110 valence electrons. The smallest absolute Gasteiger partial charge is 0.257 e. The van der Waals surface area contributed by atoms with Crippen molar-refractivity contribution in [3.8, 4) is 0 Å². The van der Waals surface area contributed by atoms with E-state index in [0.29, 0.717) is 11.3 Å². The van der Waals surface area contributed by atoms with Gasteiger partial charge in [0.25, 0.3) is 5.91 Å². The van der Waals surface area contributed by atoms with Crippen molar-refractivity contribution >= 4 is 17.3 Å². The fraction of sp³-hybridized carbons (Fsp3) is 0.235. The summed E-state index contributed by atoms with van der Waals surface area (Å²) in [7, 11) is 0. The maximum absolute atomic E-state index is 12.5. The van der Waals surface area contributed by atoms with Gasteiger partial charge in [-0.25, -0.2) is 0 Å². The summed E-state index contributed by atoms with van der Waals surface area (Å²) in [6, 6.07) is 11.6. The molecular weight excluding hydrogens is 262 g/mol. The second-order valence-corrected chi connectivity index (χ2v) is 5.11. The molecule has 0 spiro atoms. The molecule has 2 aromatic carbocycles. The Bertz CT molecular complexity index is 665. The third-order valence-electron chi connectivity index (χ3n) is 3.55. The summed E-state index contributed by atoms with van der Waals surface area (Å²) in [6.45, 7) is 6.02. The van der Waals surface area contributed by atoms with Gasteiger partial charge >= 0.3 is 0 Å². The van der Waals surface area contributed by atoms with E-state index in [0.717, 1.165) is 28.8 Å². The summed E-state index contributed by atoms with van der Waals surface area (Å²) in [5.41, 5.74) is 7.85. The molecule has 0 saturated carbocycles. The normalized spacial score (nSPS) is 10.3. The molecule has 1 amide bonds. The average Bonchev–Trinajstić information content (AvgIpc) is 2.48. The van der Waals surface area contributed by atoms with Crippen LogP contribution in [0.5, 0.6) is 0 Å². The highest BCUT2D eigenvalue weighted by atomic mass is 16.1. The first kappa shape index (κ1) is 15.1. The number of nitrogen functional groups attached to an aromatic ring is 1. The topological polar surface area (TPSA) is 67.2 Å². The van der Waals surface area contributed by atoms with Gasteiger partial charge in [0.15, 0.2) is 0 Å². The fourth-order valence-electron chi connectivity index (χ4n) is 2.36. The SMILES string of the molecule is CCc1cccc(C)c1NC(=O)c1ccc(C)cc1NN. The standard InChI is InChI=1S/C17H21N3O/c1-4-13-7-5-6-12(3)16(13)19-17(21)14-9-8-11(2)10-15(14)20-18/h5-10,20H,4,18H2,1-3H3,(H,19,21). The van der Waals surface area contributed by atoms with Crippen molar-refractivity contribution in [2.45, 2.75) is 27.2 Å². The number of rotatable bonds is 4. The number of nitrogens with one attached hydrogen (secondary N) is 2. The van der Waals surface area contributed by atoms with E-state index in [1.54, 1.807) is 6.07 Å². The van der Waals surface area contributed by atoms with Crippen molar-refractivity contribution in [3.05, 3.63) is 58.7 Å². The van der Waals surface area contributed by atoms with Crippen molar-refractivity contribution in [2.75, 3.05) is 10.7 Å². The Balaban J connectivity index is 2.35. The Hall–Kier alpha value is -2.33. The van der Waals surface area contributed by atoms with E-state index in [-0.39, 0.29) is 5.91 Å². The summed E-state index contributed by atoms with van der Waals surface area (Å²) >= 11 is 0. The maximum atomic E-state index is 12.5. The molecule has 0 radical (unpaired) electrons. The highest BCUT2D eigenvalue weighted by molar-refractivity contribution is 6.08. The lowest BCUT2D eigenvalue weighted by Gasteiger charge is -2.15. The zero-order chi connectivity index (χ0) is 15.4. The molecule has 0 aliphatic heterocycles. The molecule has 4 N–H and O–H groups in total. The molecule has 0 bridgehead atoms.